The van der Waals surface area contributed by atoms with Crippen molar-refractivity contribution in [1.82, 2.24) is 0 Å². The van der Waals surface area contributed by atoms with Crippen LogP contribution in [0.15, 0.2) is 21.9 Å². The first-order valence-electron chi connectivity index (χ1n) is 13.5. The summed E-state index contributed by atoms with van der Waals surface area (Å²) in [5.41, 5.74) is 38.2. The normalized spacial score (nSPS) is 13.2. The van der Waals surface area contributed by atoms with E-state index in [-0.39, 0.29) is 46.3 Å². The Morgan fingerprint density at radius 1 is 0.487 bits per heavy atom. The molecule has 0 spiro atoms. The fourth-order valence-electron chi connectivity index (χ4n) is 1.75. The molecule has 0 aromatic carbocycles. The fourth-order valence-corrected chi connectivity index (χ4v) is 3.55. The molecule has 0 atom stereocenters. The van der Waals surface area contributed by atoms with Gasteiger partial charge in [0.05, 0.1) is 8.80 Å². The average Bonchev–Trinajstić information content (AvgIpc) is 2.76. The van der Waals surface area contributed by atoms with Crippen molar-refractivity contribution in [3.05, 3.63) is 50.6 Å². The van der Waals surface area contributed by atoms with E-state index in [1.165, 1.54) is 12.8 Å². The van der Waals surface area contributed by atoms with E-state index >= 15 is 0 Å². The topological polar surface area (TPSA) is 119 Å². The van der Waals surface area contributed by atoms with Crippen LogP contribution in [0.25, 0.3) is 28.7 Å². The van der Waals surface area contributed by atoms with Gasteiger partial charge >= 0.3 is 18.6 Å². The van der Waals surface area contributed by atoms with Gasteiger partial charge in [-0.05, 0) is 32.8 Å². The van der Waals surface area contributed by atoms with Gasteiger partial charge in [0.15, 0.2) is 0 Å². The summed E-state index contributed by atoms with van der Waals surface area (Å²) in [7, 11) is -0.520. The standard InChI is InChI=1S/C10H18Si.5C4H10N.CH3Cl.V/c1-7-6-10(11(4)5)9(3)8(7)2;5*1-4(2,3)5;1-2;/h11H,6H2,1-5H3;5*5H,1-3H3;1H3;/q;5*-1;;+5. The molecule has 5 N–H and O–H groups in total. The largest absolute Gasteiger partial charge is 5.00 e. The van der Waals surface area contributed by atoms with Gasteiger partial charge in [-0.2, -0.15) is 0 Å². The minimum Gasteiger partial charge on any atom is -0.673 e. The van der Waals surface area contributed by atoms with Crippen LogP contribution in [0.2, 0.25) is 13.1 Å². The molecule has 236 valence electrons. The van der Waals surface area contributed by atoms with E-state index in [1.54, 1.807) is 21.9 Å². The van der Waals surface area contributed by atoms with E-state index in [1.807, 2.05) is 104 Å². The maximum absolute atomic E-state index is 6.94. The van der Waals surface area contributed by atoms with E-state index in [4.69, 9.17) is 28.7 Å². The van der Waals surface area contributed by atoms with Crippen molar-refractivity contribution in [2.45, 2.75) is 172 Å². The summed E-state index contributed by atoms with van der Waals surface area (Å²) in [5, 5.41) is 1.78. The number of allylic oxidation sites excluding steroid dienone is 4. The zero-order valence-corrected chi connectivity index (χ0v) is 33.4. The molecular formula is C31H71ClN5SiV. The molecule has 1 rings (SSSR count). The van der Waals surface area contributed by atoms with E-state index in [0.29, 0.717) is 0 Å². The van der Waals surface area contributed by atoms with Crippen LogP contribution in [-0.2, 0) is 18.6 Å². The first-order valence-corrected chi connectivity index (χ1v) is 17.2. The van der Waals surface area contributed by atoms with Gasteiger partial charge in [-0.15, -0.1) is 39.3 Å². The van der Waals surface area contributed by atoms with E-state index < -0.39 is 8.80 Å². The van der Waals surface area contributed by atoms with Crippen molar-refractivity contribution in [2.24, 2.45) is 0 Å². The number of nitrogens with one attached hydrogen (secondary N) is 5. The van der Waals surface area contributed by atoms with Crippen LogP contribution in [0.4, 0.5) is 0 Å². The number of hydrogen-bond acceptors (Lipinski definition) is 0. The average molecular weight is 628 g/mol. The molecule has 0 aromatic rings. The number of alkyl halides is 1. The molecule has 0 aliphatic heterocycles. The Hall–Kier alpha value is 0.371. The molecule has 0 amide bonds. The zero-order valence-electron chi connectivity index (χ0n) is 30.1. The Balaban J connectivity index is -0.0000000645. The first-order chi connectivity index (χ1) is 16.0. The van der Waals surface area contributed by atoms with Gasteiger partial charge in [-0.3, -0.25) is 0 Å². The summed E-state index contributed by atoms with van der Waals surface area (Å²) in [6.45, 7) is 39.5. The minimum absolute atomic E-state index is 0. The van der Waals surface area contributed by atoms with E-state index in [9.17, 15) is 0 Å². The molecule has 0 unspecified atom stereocenters. The molecule has 5 nitrogen and oxygen atoms in total. The minimum atomic E-state index is -0.520. The van der Waals surface area contributed by atoms with Gasteiger partial charge in [0.25, 0.3) is 0 Å². The summed E-state index contributed by atoms with van der Waals surface area (Å²) >= 11 is 4.64. The van der Waals surface area contributed by atoms with Crippen molar-refractivity contribution < 1.29 is 18.6 Å². The zero-order chi connectivity index (χ0) is 33.1. The van der Waals surface area contributed by atoms with Crippen molar-refractivity contribution in [2.75, 3.05) is 6.38 Å². The SMILES string of the molecule is CC(C)(C)[NH-].CC(C)(C)[NH-].CC(C)(C)[NH-].CC(C)(C)[NH-].CC(C)(C)[NH-].CC1=C(C)C(C)=C([SiH](C)C)C1.CCl.[V+5]. The van der Waals surface area contributed by atoms with E-state index in [0.717, 1.165) is 0 Å². The number of rotatable bonds is 1. The predicted octanol–water partition coefficient (Wildman–Crippen LogP) is 13.1. The van der Waals surface area contributed by atoms with Gasteiger partial charge in [-0.25, -0.2) is 0 Å². The fraction of sp³-hybridized carbons (Fsp3) is 0.871. The number of hydrogen-bond donors (Lipinski definition) is 0. The summed E-state index contributed by atoms with van der Waals surface area (Å²) in [6, 6.07) is 0. The Morgan fingerprint density at radius 2 is 0.641 bits per heavy atom. The second-order valence-electron chi connectivity index (χ2n) is 15.1. The molecule has 0 aromatic heterocycles. The molecule has 0 bridgehead atoms. The third-order valence-electron chi connectivity index (χ3n) is 2.84. The molecule has 1 aliphatic rings. The molecular weight excluding hydrogens is 557 g/mol. The monoisotopic (exact) mass is 627 g/mol. The molecule has 8 heteroatoms. The summed E-state index contributed by atoms with van der Waals surface area (Å²) < 4.78 is 0. The van der Waals surface area contributed by atoms with E-state index in [2.05, 4.69) is 45.5 Å². The predicted molar refractivity (Wildman–Crippen MR) is 187 cm³/mol. The summed E-state index contributed by atoms with van der Waals surface area (Å²) in [4.78, 5) is 0. The van der Waals surface area contributed by atoms with Crippen molar-refractivity contribution in [3.63, 3.8) is 0 Å². The van der Waals surface area contributed by atoms with Crippen LogP contribution in [0.1, 0.15) is 131 Å². The molecule has 0 heterocycles. The molecule has 0 fully saturated rings. The van der Waals surface area contributed by atoms with Crippen LogP contribution in [0.5, 0.6) is 0 Å². The van der Waals surface area contributed by atoms with Gasteiger partial charge < -0.3 is 28.7 Å². The van der Waals surface area contributed by atoms with Crippen LogP contribution in [-0.4, -0.2) is 42.9 Å². The maximum Gasteiger partial charge on any atom is 5.00 e. The Labute approximate surface area is 266 Å². The molecule has 0 saturated carbocycles. The quantitative estimate of drug-likeness (QED) is 0.203. The van der Waals surface area contributed by atoms with Gasteiger partial charge in [0.1, 0.15) is 0 Å². The molecule has 39 heavy (non-hydrogen) atoms. The second kappa shape index (κ2) is 24.9. The van der Waals surface area contributed by atoms with Gasteiger partial charge in [-0.1, -0.05) is 133 Å². The Kier molecular flexibility index (Phi) is 35.4. The second-order valence-corrected chi connectivity index (χ2v) is 18.1. The van der Waals surface area contributed by atoms with Crippen LogP contribution in [0, 0.1) is 0 Å². The smallest absolute Gasteiger partial charge is 0.673 e. The summed E-state index contributed by atoms with van der Waals surface area (Å²) in [6.07, 6.45) is 2.75. The van der Waals surface area contributed by atoms with Gasteiger partial charge in [0, 0.05) is 6.38 Å². The summed E-state index contributed by atoms with van der Waals surface area (Å²) in [5.74, 6) is 0. The third kappa shape index (κ3) is 122. The molecule has 0 saturated heterocycles. The molecule has 1 aliphatic carbocycles. The number of halogens is 1. The van der Waals surface area contributed by atoms with Crippen molar-refractivity contribution >= 4 is 20.4 Å². The Bertz CT molecular complexity index is 526. The van der Waals surface area contributed by atoms with Crippen molar-refractivity contribution in [3.8, 4) is 0 Å². The van der Waals surface area contributed by atoms with Crippen LogP contribution in [0.3, 0.4) is 0 Å². The van der Waals surface area contributed by atoms with Crippen LogP contribution >= 0.6 is 11.6 Å². The maximum atomic E-state index is 6.94. The van der Waals surface area contributed by atoms with Crippen molar-refractivity contribution in [1.29, 1.82) is 0 Å². The molecule has 0 radical (unpaired) electrons. The Morgan fingerprint density at radius 3 is 0.692 bits per heavy atom. The van der Waals surface area contributed by atoms with Crippen LogP contribution < -0.4 is 0 Å². The third-order valence-corrected chi connectivity index (χ3v) is 4.87. The first kappa shape index (κ1) is 55.3. The van der Waals surface area contributed by atoms with Gasteiger partial charge in [0.2, 0.25) is 0 Å².